The Kier molecular flexibility index (Phi) is 2.53. The van der Waals surface area contributed by atoms with Gasteiger partial charge in [0.05, 0.1) is 23.9 Å². The van der Waals surface area contributed by atoms with Gasteiger partial charge in [-0.15, -0.1) is 5.10 Å². The summed E-state index contributed by atoms with van der Waals surface area (Å²) in [6.45, 7) is 5.07. The molecule has 2 N–H and O–H groups in total. The Bertz CT molecular complexity index is 415. The Balaban J connectivity index is 2.38. The predicted octanol–water partition coefficient (Wildman–Crippen LogP) is 1.00. The zero-order valence-electron chi connectivity index (χ0n) is 9.01. The van der Waals surface area contributed by atoms with Crippen molar-refractivity contribution in [1.29, 1.82) is 0 Å². The van der Waals surface area contributed by atoms with Gasteiger partial charge >= 0.3 is 0 Å². The van der Waals surface area contributed by atoms with Crippen molar-refractivity contribution >= 4 is 11.5 Å². The molecule has 1 aromatic heterocycles. The third-order valence-electron chi connectivity index (χ3n) is 2.58. The average molecular weight is 205 g/mol. The second-order valence-corrected chi connectivity index (χ2v) is 3.75. The molecule has 1 atom stereocenters. The smallest absolute Gasteiger partial charge is 0.123 e. The number of amidine groups is 1. The van der Waals surface area contributed by atoms with Crippen LogP contribution in [0.4, 0.5) is 0 Å². The van der Waals surface area contributed by atoms with Crippen LogP contribution in [0.5, 0.6) is 0 Å². The van der Waals surface area contributed by atoms with Crippen LogP contribution in [0.15, 0.2) is 22.7 Å². The molecule has 0 spiro atoms. The molecule has 0 bridgehead atoms. The predicted molar refractivity (Wildman–Crippen MR) is 59.8 cm³/mol. The summed E-state index contributed by atoms with van der Waals surface area (Å²) in [5.74, 6) is 0.915. The second kappa shape index (κ2) is 3.84. The van der Waals surface area contributed by atoms with Crippen molar-refractivity contribution in [2.75, 3.05) is 0 Å². The minimum atomic E-state index is 0.310. The van der Waals surface area contributed by atoms with Gasteiger partial charge in [0.2, 0.25) is 0 Å². The topological polar surface area (TPSA) is 68.6 Å². The van der Waals surface area contributed by atoms with Crippen molar-refractivity contribution in [1.82, 2.24) is 9.55 Å². The van der Waals surface area contributed by atoms with Gasteiger partial charge < -0.3 is 10.3 Å². The quantitative estimate of drug-likeness (QED) is 0.782. The molecular formula is C10H15N5. The summed E-state index contributed by atoms with van der Waals surface area (Å²) < 4.78 is 2.06. The molecule has 80 valence electrons. The number of nitrogens with zero attached hydrogens (tertiary/aromatic N) is 4. The molecule has 0 aromatic carbocycles. The molecule has 1 aliphatic rings. The first-order valence-corrected chi connectivity index (χ1v) is 5.12. The molecule has 0 saturated heterocycles. The molecular weight excluding hydrogens is 190 g/mol. The highest BCUT2D eigenvalue weighted by molar-refractivity contribution is 6.04. The number of hydrogen-bond donors (Lipinski definition) is 1. The number of aryl methyl sites for hydroxylation is 1. The lowest BCUT2D eigenvalue weighted by Gasteiger charge is -2.17. The molecule has 0 saturated carbocycles. The summed E-state index contributed by atoms with van der Waals surface area (Å²) in [7, 11) is 0. The maximum absolute atomic E-state index is 5.63. The average Bonchev–Trinajstić information content (AvgIpc) is 2.65. The van der Waals surface area contributed by atoms with Crippen LogP contribution in [0.3, 0.4) is 0 Å². The van der Waals surface area contributed by atoms with E-state index in [1.807, 2.05) is 12.5 Å². The van der Waals surface area contributed by atoms with E-state index in [0.29, 0.717) is 11.8 Å². The fourth-order valence-corrected chi connectivity index (χ4v) is 1.76. The monoisotopic (exact) mass is 205 g/mol. The maximum Gasteiger partial charge on any atom is 0.123 e. The van der Waals surface area contributed by atoms with Crippen LogP contribution in [-0.4, -0.2) is 21.1 Å². The molecule has 0 amide bonds. The summed E-state index contributed by atoms with van der Waals surface area (Å²) in [5, 5.41) is 8.10. The van der Waals surface area contributed by atoms with Crippen molar-refractivity contribution in [2.24, 2.45) is 21.9 Å². The van der Waals surface area contributed by atoms with Crippen LogP contribution in [0.25, 0.3) is 0 Å². The van der Waals surface area contributed by atoms with E-state index in [1.165, 1.54) is 0 Å². The first-order valence-electron chi connectivity index (χ1n) is 5.12. The maximum atomic E-state index is 5.63. The van der Waals surface area contributed by atoms with Gasteiger partial charge in [-0.2, -0.15) is 5.10 Å². The van der Waals surface area contributed by atoms with E-state index < -0.39 is 0 Å². The highest BCUT2D eigenvalue weighted by Crippen LogP contribution is 2.17. The largest absolute Gasteiger partial charge is 0.386 e. The molecule has 0 aliphatic carbocycles. The number of rotatable bonds is 2. The Morgan fingerprint density at radius 3 is 3.00 bits per heavy atom. The van der Waals surface area contributed by atoms with E-state index in [1.54, 1.807) is 0 Å². The highest BCUT2D eigenvalue weighted by Gasteiger charge is 2.20. The van der Waals surface area contributed by atoms with Gasteiger partial charge in [-0.1, -0.05) is 6.92 Å². The number of nitrogens with two attached hydrogens (primary N) is 1. The fraction of sp³-hybridized carbons (Fsp3) is 0.500. The number of imidazole rings is 1. The Morgan fingerprint density at radius 1 is 1.53 bits per heavy atom. The van der Waals surface area contributed by atoms with Crippen LogP contribution in [-0.2, 0) is 6.54 Å². The normalized spacial score (nSPS) is 21.1. The van der Waals surface area contributed by atoms with Crippen LogP contribution in [0, 0.1) is 5.92 Å². The molecule has 0 fully saturated rings. The van der Waals surface area contributed by atoms with E-state index in [2.05, 4.69) is 33.6 Å². The van der Waals surface area contributed by atoms with E-state index in [-0.39, 0.29) is 0 Å². The SMILES string of the molecule is CCn1cncc1C1=NN=C(N)CC1C. The lowest BCUT2D eigenvalue weighted by Crippen LogP contribution is -2.26. The third kappa shape index (κ3) is 1.77. The van der Waals surface area contributed by atoms with Crippen molar-refractivity contribution in [3.05, 3.63) is 18.2 Å². The van der Waals surface area contributed by atoms with Gasteiger partial charge in [0.25, 0.3) is 0 Å². The van der Waals surface area contributed by atoms with Crippen LogP contribution < -0.4 is 5.73 Å². The van der Waals surface area contributed by atoms with Crippen molar-refractivity contribution < 1.29 is 0 Å². The Labute approximate surface area is 88.7 Å². The Morgan fingerprint density at radius 2 is 2.33 bits per heavy atom. The summed E-state index contributed by atoms with van der Waals surface area (Å²) in [4.78, 5) is 4.12. The summed E-state index contributed by atoms with van der Waals surface area (Å²) in [6, 6.07) is 0. The molecule has 2 heterocycles. The van der Waals surface area contributed by atoms with Gasteiger partial charge in [-0.25, -0.2) is 4.98 Å². The van der Waals surface area contributed by atoms with Gasteiger partial charge in [-0.05, 0) is 6.92 Å². The first kappa shape index (κ1) is 9.89. The van der Waals surface area contributed by atoms with Crippen LogP contribution in [0.1, 0.15) is 26.0 Å². The molecule has 15 heavy (non-hydrogen) atoms. The highest BCUT2D eigenvalue weighted by atomic mass is 15.3. The second-order valence-electron chi connectivity index (χ2n) is 3.75. The standard InChI is InChI=1S/C10H15N5/c1-3-15-6-12-5-8(15)10-7(2)4-9(11)13-14-10/h5-7H,3-4H2,1-2H3,(H2,11,13). The molecule has 5 nitrogen and oxygen atoms in total. The lowest BCUT2D eigenvalue weighted by atomic mass is 9.98. The summed E-state index contributed by atoms with van der Waals surface area (Å²) in [5.41, 5.74) is 7.65. The van der Waals surface area contributed by atoms with Crippen molar-refractivity contribution in [3.8, 4) is 0 Å². The molecule has 0 radical (unpaired) electrons. The summed E-state index contributed by atoms with van der Waals surface area (Å²) in [6.07, 6.45) is 4.41. The molecule has 2 rings (SSSR count). The number of hydrogen-bond acceptors (Lipinski definition) is 4. The zero-order valence-corrected chi connectivity index (χ0v) is 9.01. The van der Waals surface area contributed by atoms with Crippen LogP contribution >= 0.6 is 0 Å². The minimum Gasteiger partial charge on any atom is -0.386 e. The van der Waals surface area contributed by atoms with Gasteiger partial charge in [-0.3, -0.25) is 0 Å². The first-order chi connectivity index (χ1) is 7.22. The molecule has 1 unspecified atom stereocenters. The van der Waals surface area contributed by atoms with Crippen molar-refractivity contribution in [2.45, 2.75) is 26.8 Å². The lowest BCUT2D eigenvalue weighted by molar-refractivity contribution is 0.726. The fourth-order valence-electron chi connectivity index (χ4n) is 1.76. The molecule has 1 aromatic rings. The van der Waals surface area contributed by atoms with Crippen molar-refractivity contribution in [3.63, 3.8) is 0 Å². The molecule has 5 heteroatoms. The minimum absolute atomic E-state index is 0.310. The Hall–Kier alpha value is -1.65. The number of aromatic nitrogens is 2. The van der Waals surface area contributed by atoms with Crippen LogP contribution in [0.2, 0.25) is 0 Å². The van der Waals surface area contributed by atoms with E-state index in [0.717, 1.165) is 24.4 Å². The van der Waals surface area contributed by atoms with Gasteiger partial charge in [0.1, 0.15) is 5.84 Å². The van der Waals surface area contributed by atoms with E-state index in [9.17, 15) is 0 Å². The molecule has 1 aliphatic heterocycles. The van der Waals surface area contributed by atoms with E-state index >= 15 is 0 Å². The zero-order chi connectivity index (χ0) is 10.8. The third-order valence-corrected chi connectivity index (χ3v) is 2.58. The summed E-state index contributed by atoms with van der Waals surface area (Å²) >= 11 is 0. The van der Waals surface area contributed by atoms with Gasteiger partial charge in [0, 0.05) is 18.9 Å². The van der Waals surface area contributed by atoms with E-state index in [4.69, 9.17) is 5.73 Å². The van der Waals surface area contributed by atoms with Gasteiger partial charge in [0.15, 0.2) is 0 Å².